The average molecular weight is 478 g/mol. The van der Waals surface area contributed by atoms with E-state index in [1.807, 2.05) is 62.4 Å². The van der Waals surface area contributed by atoms with E-state index in [4.69, 9.17) is 4.74 Å². The molecular weight excluding hydrogens is 456 g/mol. The molecule has 0 spiro atoms. The summed E-state index contributed by atoms with van der Waals surface area (Å²) in [5, 5.41) is 10.9. The molecular formula is C22H22Br2O2. The second kappa shape index (κ2) is 10.4. The smallest absolute Gasteiger partial charge is 0.165 e. The second-order valence-corrected chi connectivity index (χ2v) is 7.23. The van der Waals surface area contributed by atoms with E-state index in [9.17, 15) is 5.11 Å². The number of alkyl halides is 1. The molecule has 0 atom stereocenters. The van der Waals surface area contributed by atoms with E-state index >= 15 is 0 Å². The molecule has 26 heavy (non-hydrogen) atoms. The molecule has 2 nitrogen and oxygen atoms in total. The molecule has 0 aliphatic rings. The van der Waals surface area contributed by atoms with Crippen molar-refractivity contribution in [1.29, 1.82) is 0 Å². The fraction of sp³-hybridized carbons (Fsp3) is 0.182. The number of halogens is 2. The number of phenols is 1. The molecule has 0 amide bonds. The lowest BCUT2D eigenvalue weighted by Crippen LogP contribution is -1.98. The molecule has 0 saturated heterocycles. The van der Waals surface area contributed by atoms with Crippen LogP contribution in [0.15, 0.2) is 71.2 Å². The minimum atomic E-state index is 0.184. The summed E-state index contributed by atoms with van der Waals surface area (Å²) in [6.45, 7) is 4.32. The number of phenolic OH excluding ortho intramolecular Hbond substituents is 1. The van der Waals surface area contributed by atoms with Gasteiger partial charge in [0, 0.05) is 15.4 Å². The van der Waals surface area contributed by atoms with Gasteiger partial charge < -0.3 is 9.84 Å². The Bertz CT molecular complexity index is 819. The molecule has 0 saturated carbocycles. The Kier molecular flexibility index (Phi) is 8.20. The first-order valence-electron chi connectivity index (χ1n) is 8.28. The van der Waals surface area contributed by atoms with Crippen LogP contribution in [-0.2, 0) is 11.9 Å². The van der Waals surface area contributed by atoms with Gasteiger partial charge in [-0.2, -0.15) is 0 Å². The molecule has 0 radical (unpaired) electrons. The van der Waals surface area contributed by atoms with Crippen molar-refractivity contribution in [1.82, 2.24) is 0 Å². The second-order valence-electron chi connectivity index (χ2n) is 5.87. The maximum atomic E-state index is 9.93. The Morgan fingerprint density at radius 3 is 1.92 bits per heavy atom. The van der Waals surface area contributed by atoms with Crippen LogP contribution in [0.25, 0.3) is 0 Å². The zero-order valence-electron chi connectivity index (χ0n) is 14.9. The summed E-state index contributed by atoms with van der Waals surface area (Å²) in [6.07, 6.45) is 0. The average Bonchev–Trinajstić information content (AvgIpc) is 2.68. The summed E-state index contributed by atoms with van der Waals surface area (Å²) in [7, 11) is 0. The van der Waals surface area contributed by atoms with Gasteiger partial charge >= 0.3 is 0 Å². The fourth-order valence-electron chi connectivity index (χ4n) is 2.40. The Hall–Kier alpha value is -1.78. The maximum absolute atomic E-state index is 9.93. The van der Waals surface area contributed by atoms with E-state index in [0.717, 1.165) is 26.5 Å². The molecule has 0 heterocycles. The van der Waals surface area contributed by atoms with Gasteiger partial charge in [-0.3, -0.25) is 0 Å². The first kappa shape index (κ1) is 20.5. The van der Waals surface area contributed by atoms with Crippen LogP contribution in [0.1, 0.15) is 22.3 Å². The van der Waals surface area contributed by atoms with Crippen LogP contribution >= 0.6 is 31.9 Å². The molecule has 136 valence electrons. The quantitative estimate of drug-likeness (QED) is 0.412. The molecule has 0 unspecified atom stereocenters. The number of benzene rings is 3. The lowest BCUT2D eigenvalue weighted by Gasteiger charge is -2.14. The highest BCUT2D eigenvalue weighted by molar-refractivity contribution is 9.10. The third-order valence-corrected chi connectivity index (χ3v) is 5.69. The van der Waals surface area contributed by atoms with Crippen LogP contribution in [0, 0.1) is 13.8 Å². The zero-order valence-corrected chi connectivity index (χ0v) is 18.0. The van der Waals surface area contributed by atoms with E-state index in [1.54, 1.807) is 6.07 Å². The molecule has 0 aromatic heterocycles. The summed E-state index contributed by atoms with van der Waals surface area (Å²) in [5.41, 5.74) is 4.32. The highest BCUT2D eigenvalue weighted by Crippen LogP contribution is 2.37. The van der Waals surface area contributed by atoms with E-state index in [2.05, 4.69) is 44.0 Å². The van der Waals surface area contributed by atoms with E-state index in [-0.39, 0.29) is 5.75 Å². The standard InChI is InChI=1S/C15H15BrO2.C7H7Br/c1-10-8-13(17)15(11(2)14(10)16)18-9-12-6-4-3-5-7-12;8-6-7-4-2-1-3-5-7/h3-8,17H,9H2,1-2H3;1-5H,6H2. The van der Waals surface area contributed by atoms with Crippen molar-refractivity contribution >= 4 is 31.9 Å². The van der Waals surface area contributed by atoms with Crippen molar-refractivity contribution in [2.24, 2.45) is 0 Å². The van der Waals surface area contributed by atoms with Gasteiger partial charge in [0.05, 0.1) is 0 Å². The first-order chi connectivity index (χ1) is 12.5. The van der Waals surface area contributed by atoms with Gasteiger partial charge in [-0.25, -0.2) is 0 Å². The van der Waals surface area contributed by atoms with Crippen molar-refractivity contribution in [3.8, 4) is 11.5 Å². The SMILES string of the molecule is BrCc1ccccc1.Cc1cc(O)c(OCc2ccccc2)c(C)c1Br. The normalized spacial score (nSPS) is 10.0. The largest absolute Gasteiger partial charge is 0.504 e. The molecule has 3 rings (SSSR count). The molecule has 0 aliphatic carbocycles. The van der Waals surface area contributed by atoms with Gasteiger partial charge in [-0.1, -0.05) is 92.5 Å². The fourth-order valence-corrected chi connectivity index (χ4v) is 3.07. The van der Waals surface area contributed by atoms with Gasteiger partial charge in [0.2, 0.25) is 0 Å². The molecule has 0 aliphatic heterocycles. The Balaban J connectivity index is 0.000000254. The summed E-state index contributed by atoms with van der Waals surface area (Å²) in [5.74, 6) is 0.723. The Morgan fingerprint density at radius 1 is 0.885 bits per heavy atom. The molecule has 3 aromatic carbocycles. The highest BCUT2D eigenvalue weighted by atomic mass is 79.9. The van der Waals surface area contributed by atoms with Gasteiger partial charge in [-0.05, 0) is 36.6 Å². The highest BCUT2D eigenvalue weighted by Gasteiger charge is 2.12. The van der Waals surface area contributed by atoms with Crippen LogP contribution in [0.2, 0.25) is 0 Å². The first-order valence-corrected chi connectivity index (χ1v) is 10.2. The lowest BCUT2D eigenvalue weighted by molar-refractivity contribution is 0.286. The number of ether oxygens (including phenoxy) is 1. The predicted molar refractivity (Wildman–Crippen MR) is 115 cm³/mol. The van der Waals surface area contributed by atoms with Crippen molar-refractivity contribution in [2.45, 2.75) is 25.8 Å². The lowest BCUT2D eigenvalue weighted by atomic mass is 10.1. The Morgan fingerprint density at radius 2 is 1.42 bits per heavy atom. The molecule has 1 N–H and O–H groups in total. The van der Waals surface area contributed by atoms with Crippen LogP contribution in [0.5, 0.6) is 11.5 Å². The number of rotatable bonds is 4. The van der Waals surface area contributed by atoms with Gasteiger partial charge in [0.1, 0.15) is 6.61 Å². The number of hydrogen-bond acceptors (Lipinski definition) is 2. The third-order valence-electron chi connectivity index (χ3n) is 3.83. The van der Waals surface area contributed by atoms with Crippen LogP contribution in [0.3, 0.4) is 0 Å². The third kappa shape index (κ3) is 5.89. The molecule has 4 heteroatoms. The summed E-state index contributed by atoms with van der Waals surface area (Å²) >= 11 is 6.86. The topological polar surface area (TPSA) is 29.5 Å². The summed E-state index contributed by atoms with van der Waals surface area (Å²) in [6, 6.07) is 21.9. The van der Waals surface area contributed by atoms with Crippen molar-refractivity contribution in [3.63, 3.8) is 0 Å². The summed E-state index contributed by atoms with van der Waals surface area (Å²) < 4.78 is 6.68. The summed E-state index contributed by atoms with van der Waals surface area (Å²) in [4.78, 5) is 0. The Labute approximate surface area is 172 Å². The van der Waals surface area contributed by atoms with Crippen LogP contribution in [-0.4, -0.2) is 5.11 Å². The minimum absolute atomic E-state index is 0.184. The molecule has 0 fully saturated rings. The van der Waals surface area contributed by atoms with Crippen LogP contribution < -0.4 is 4.74 Å². The number of hydrogen-bond donors (Lipinski definition) is 1. The zero-order chi connectivity index (χ0) is 18.9. The van der Waals surface area contributed by atoms with Crippen LogP contribution in [0.4, 0.5) is 0 Å². The van der Waals surface area contributed by atoms with Gasteiger partial charge in [0.15, 0.2) is 11.5 Å². The number of aryl methyl sites for hydroxylation is 1. The van der Waals surface area contributed by atoms with Crippen molar-refractivity contribution < 1.29 is 9.84 Å². The predicted octanol–water partition coefficient (Wildman–Crippen LogP) is 6.93. The van der Waals surface area contributed by atoms with Crippen molar-refractivity contribution in [2.75, 3.05) is 0 Å². The maximum Gasteiger partial charge on any atom is 0.165 e. The van der Waals surface area contributed by atoms with Gasteiger partial charge in [-0.15, -0.1) is 0 Å². The van der Waals surface area contributed by atoms with Gasteiger partial charge in [0.25, 0.3) is 0 Å². The van der Waals surface area contributed by atoms with E-state index in [0.29, 0.717) is 12.4 Å². The number of aromatic hydroxyl groups is 1. The molecule has 3 aromatic rings. The molecule has 0 bridgehead atoms. The minimum Gasteiger partial charge on any atom is -0.504 e. The monoisotopic (exact) mass is 476 g/mol. The van der Waals surface area contributed by atoms with E-state index < -0.39 is 0 Å². The van der Waals surface area contributed by atoms with Crippen molar-refractivity contribution in [3.05, 3.63) is 93.5 Å². The van der Waals surface area contributed by atoms with E-state index in [1.165, 1.54) is 5.56 Å².